The smallest absolute Gasteiger partial charge is 0.233 e. The van der Waals surface area contributed by atoms with Crippen LogP contribution in [0.5, 0.6) is 0 Å². The van der Waals surface area contributed by atoms with Crippen molar-refractivity contribution >= 4 is 16.7 Å². The quantitative estimate of drug-likeness (QED) is 0.588. The molecule has 1 aliphatic carbocycles. The van der Waals surface area contributed by atoms with E-state index >= 15 is 0 Å². The average molecular weight is 211 g/mol. The van der Waals surface area contributed by atoms with Gasteiger partial charge in [-0.25, -0.2) is 0 Å². The molecular weight excluding hydrogens is 198 g/mol. The summed E-state index contributed by atoms with van der Waals surface area (Å²) in [5.41, 5.74) is 0. The molecule has 1 saturated heterocycles. The fraction of sp³-hybridized carbons (Fsp3) is 0.500. The first-order valence-corrected chi connectivity index (χ1v) is 6.08. The number of hydrogen-bond donors (Lipinski definition) is 1. The lowest BCUT2D eigenvalue weighted by atomic mass is 10.1. The molecule has 0 aromatic heterocycles. The molecule has 0 radical (unpaired) electrons. The number of carbonyl (C=O) groups excluding carboxylic acids is 1. The van der Waals surface area contributed by atoms with E-state index in [4.69, 9.17) is 0 Å². The monoisotopic (exact) mass is 211 g/mol. The summed E-state index contributed by atoms with van der Waals surface area (Å²) in [6.45, 7) is 2.06. The van der Waals surface area contributed by atoms with Crippen LogP contribution in [0.3, 0.4) is 0 Å². The summed E-state index contributed by atoms with van der Waals surface area (Å²) in [5.74, 6) is 0.375. The molecular formula is C10H13NO2S. The van der Waals surface area contributed by atoms with Crippen molar-refractivity contribution in [3.8, 4) is 0 Å². The molecule has 76 valence electrons. The third kappa shape index (κ3) is 1.80. The summed E-state index contributed by atoms with van der Waals surface area (Å²) < 4.78 is 11.7. The number of amides is 1. The SMILES string of the molecule is CC1C=CC2NC(=O)CS(=O)C2C=C1. The number of hydrogen-bond acceptors (Lipinski definition) is 2. The first-order chi connectivity index (χ1) is 6.66. The lowest BCUT2D eigenvalue weighted by Crippen LogP contribution is -2.51. The van der Waals surface area contributed by atoms with Crippen LogP contribution in [-0.4, -0.2) is 27.2 Å². The van der Waals surface area contributed by atoms with Crippen molar-refractivity contribution in [2.24, 2.45) is 5.92 Å². The Morgan fingerprint density at radius 1 is 1.36 bits per heavy atom. The molecule has 1 N–H and O–H groups in total. The molecule has 1 heterocycles. The van der Waals surface area contributed by atoms with Gasteiger partial charge in [0, 0.05) is 10.8 Å². The van der Waals surface area contributed by atoms with E-state index in [-0.39, 0.29) is 23.0 Å². The summed E-state index contributed by atoms with van der Waals surface area (Å²) in [6, 6.07) is -0.0849. The Bertz CT molecular complexity index is 335. The zero-order chi connectivity index (χ0) is 10.1. The van der Waals surface area contributed by atoms with Crippen LogP contribution in [-0.2, 0) is 15.6 Å². The average Bonchev–Trinajstić information content (AvgIpc) is 2.28. The Labute approximate surface area is 85.7 Å². The Hall–Kier alpha value is -0.900. The molecule has 0 saturated carbocycles. The number of rotatable bonds is 0. The van der Waals surface area contributed by atoms with E-state index in [0.717, 1.165) is 0 Å². The number of carbonyl (C=O) groups is 1. The highest BCUT2D eigenvalue weighted by Gasteiger charge is 2.31. The van der Waals surface area contributed by atoms with Crippen molar-refractivity contribution in [1.29, 1.82) is 0 Å². The Kier molecular flexibility index (Phi) is 2.54. The zero-order valence-corrected chi connectivity index (χ0v) is 8.79. The fourth-order valence-corrected chi connectivity index (χ4v) is 2.99. The minimum absolute atomic E-state index is 0.0473. The van der Waals surface area contributed by atoms with Crippen LogP contribution < -0.4 is 5.32 Å². The van der Waals surface area contributed by atoms with Crippen molar-refractivity contribution in [2.45, 2.75) is 18.2 Å². The summed E-state index contributed by atoms with van der Waals surface area (Å²) in [6.07, 6.45) is 7.98. The van der Waals surface area contributed by atoms with Gasteiger partial charge in [0.1, 0.15) is 5.75 Å². The molecule has 1 fully saturated rings. The summed E-state index contributed by atoms with van der Waals surface area (Å²) >= 11 is 0. The molecule has 4 unspecified atom stereocenters. The molecule has 0 aromatic carbocycles. The van der Waals surface area contributed by atoms with Gasteiger partial charge in [-0.2, -0.15) is 0 Å². The van der Waals surface area contributed by atoms with Gasteiger partial charge in [-0.15, -0.1) is 0 Å². The van der Waals surface area contributed by atoms with Crippen LogP contribution in [0.15, 0.2) is 24.3 Å². The van der Waals surface area contributed by atoms with E-state index in [1.165, 1.54) is 0 Å². The van der Waals surface area contributed by atoms with Crippen LogP contribution in [0.2, 0.25) is 0 Å². The Morgan fingerprint density at radius 2 is 2.07 bits per heavy atom. The van der Waals surface area contributed by atoms with Crippen LogP contribution in [0.25, 0.3) is 0 Å². The van der Waals surface area contributed by atoms with Gasteiger partial charge in [0.15, 0.2) is 0 Å². The fourth-order valence-electron chi connectivity index (χ4n) is 1.71. The Balaban J connectivity index is 2.27. The minimum atomic E-state index is -1.06. The summed E-state index contributed by atoms with van der Waals surface area (Å²) in [4.78, 5) is 11.2. The predicted octanol–water partition coefficient (Wildman–Crippen LogP) is 0.364. The van der Waals surface area contributed by atoms with Gasteiger partial charge in [0.05, 0.1) is 11.3 Å². The third-order valence-corrected chi connectivity index (χ3v) is 4.09. The van der Waals surface area contributed by atoms with Crippen molar-refractivity contribution < 1.29 is 9.00 Å². The normalized spacial score (nSPS) is 41.4. The second-order valence-electron chi connectivity index (χ2n) is 3.71. The third-order valence-electron chi connectivity index (χ3n) is 2.48. The lowest BCUT2D eigenvalue weighted by molar-refractivity contribution is -0.119. The van der Waals surface area contributed by atoms with Crippen LogP contribution in [0.1, 0.15) is 6.92 Å². The molecule has 4 atom stereocenters. The molecule has 0 spiro atoms. The van der Waals surface area contributed by atoms with E-state index in [1.54, 1.807) is 0 Å². The van der Waals surface area contributed by atoms with Crippen molar-refractivity contribution in [3.63, 3.8) is 0 Å². The first-order valence-electron chi connectivity index (χ1n) is 4.70. The highest BCUT2D eigenvalue weighted by molar-refractivity contribution is 7.86. The molecule has 0 bridgehead atoms. The predicted molar refractivity (Wildman–Crippen MR) is 56.2 cm³/mol. The summed E-state index contributed by atoms with van der Waals surface area (Å²) in [7, 11) is -1.06. The van der Waals surface area contributed by atoms with E-state index < -0.39 is 10.8 Å². The standard InChI is InChI=1S/C10H13NO2S/c1-7-2-4-8-9(5-3-7)14(13)6-10(12)11-8/h2-5,7-9H,6H2,1H3,(H,11,12). The van der Waals surface area contributed by atoms with Gasteiger partial charge >= 0.3 is 0 Å². The largest absolute Gasteiger partial charge is 0.348 e. The highest BCUT2D eigenvalue weighted by Crippen LogP contribution is 2.17. The van der Waals surface area contributed by atoms with Crippen molar-refractivity contribution in [3.05, 3.63) is 24.3 Å². The van der Waals surface area contributed by atoms with Crippen LogP contribution in [0, 0.1) is 5.92 Å². The number of allylic oxidation sites excluding steroid dienone is 2. The minimum Gasteiger partial charge on any atom is -0.348 e. The van der Waals surface area contributed by atoms with E-state index in [2.05, 4.69) is 12.2 Å². The van der Waals surface area contributed by atoms with Crippen molar-refractivity contribution in [1.82, 2.24) is 5.32 Å². The van der Waals surface area contributed by atoms with E-state index in [1.807, 2.05) is 24.3 Å². The zero-order valence-electron chi connectivity index (χ0n) is 7.97. The van der Waals surface area contributed by atoms with Crippen LogP contribution >= 0.6 is 0 Å². The molecule has 1 aliphatic heterocycles. The molecule has 14 heavy (non-hydrogen) atoms. The second-order valence-corrected chi connectivity index (χ2v) is 5.31. The number of nitrogens with one attached hydrogen (secondary N) is 1. The maximum absolute atomic E-state index is 11.7. The molecule has 0 aromatic rings. The molecule has 3 nitrogen and oxygen atoms in total. The second kappa shape index (κ2) is 3.69. The maximum atomic E-state index is 11.7. The Morgan fingerprint density at radius 3 is 2.86 bits per heavy atom. The molecule has 4 heteroatoms. The molecule has 1 amide bonds. The van der Waals surface area contributed by atoms with Gasteiger partial charge in [-0.05, 0) is 5.92 Å². The molecule has 2 rings (SSSR count). The first kappa shape index (κ1) is 9.65. The maximum Gasteiger partial charge on any atom is 0.233 e. The molecule has 2 aliphatic rings. The van der Waals surface area contributed by atoms with Gasteiger partial charge in [-0.1, -0.05) is 31.2 Å². The van der Waals surface area contributed by atoms with Crippen molar-refractivity contribution in [2.75, 3.05) is 5.75 Å². The lowest BCUT2D eigenvalue weighted by Gasteiger charge is -2.26. The topological polar surface area (TPSA) is 46.2 Å². The van der Waals surface area contributed by atoms with E-state index in [9.17, 15) is 9.00 Å². The van der Waals surface area contributed by atoms with Crippen LogP contribution in [0.4, 0.5) is 0 Å². The van der Waals surface area contributed by atoms with Gasteiger partial charge in [0.2, 0.25) is 5.91 Å². The van der Waals surface area contributed by atoms with Gasteiger partial charge < -0.3 is 5.32 Å². The van der Waals surface area contributed by atoms with E-state index in [0.29, 0.717) is 5.92 Å². The summed E-state index contributed by atoms with van der Waals surface area (Å²) in [5, 5.41) is 2.79. The highest BCUT2D eigenvalue weighted by atomic mass is 32.2. The van der Waals surface area contributed by atoms with Gasteiger partial charge in [-0.3, -0.25) is 9.00 Å². The van der Waals surface area contributed by atoms with Gasteiger partial charge in [0.25, 0.3) is 0 Å². The number of fused-ring (bicyclic) bond motifs is 1.